The van der Waals surface area contributed by atoms with E-state index in [0.29, 0.717) is 6.42 Å². The zero-order valence-corrected chi connectivity index (χ0v) is 17.3. The minimum absolute atomic E-state index is 0.0261. The summed E-state index contributed by atoms with van der Waals surface area (Å²) in [5, 5.41) is 18.8. The molecule has 1 aliphatic carbocycles. The maximum absolute atomic E-state index is 14.5. The lowest BCUT2D eigenvalue weighted by Gasteiger charge is -2.26. The van der Waals surface area contributed by atoms with Crippen molar-refractivity contribution in [2.24, 2.45) is 0 Å². The minimum Gasteiger partial charge on any atom is -0.391 e. The third-order valence-electron chi connectivity index (χ3n) is 5.60. The van der Waals surface area contributed by atoms with Gasteiger partial charge in [-0.3, -0.25) is 0 Å². The van der Waals surface area contributed by atoms with Gasteiger partial charge in [0.05, 0.1) is 24.7 Å². The SMILES string of the molecule is O[C@@H]1C[C@H]1NC(=S)Nc1c(F)nn2ccc(N3C[C@H](F)C[C@@H]3c3cc(F)ccc3F)nc12. The van der Waals surface area contributed by atoms with Crippen molar-refractivity contribution in [3.63, 3.8) is 0 Å². The van der Waals surface area contributed by atoms with E-state index < -0.39 is 35.9 Å². The molecule has 0 amide bonds. The molecule has 2 aliphatic rings. The first-order chi connectivity index (χ1) is 15.3. The van der Waals surface area contributed by atoms with Crippen LogP contribution < -0.4 is 15.5 Å². The topological polar surface area (TPSA) is 77.7 Å². The summed E-state index contributed by atoms with van der Waals surface area (Å²) in [5.74, 6) is -1.87. The van der Waals surface area contributed by atoms with E-state index in [-0.39, 0.29) is 46.8 Å². The minimum atomic E-state index is -1.28. The highest BCUT2D eigenvalue weighted by Gasteiger charge is 2.37. The Labute approximate surface area is 185 Å². The summed E-state index contributed by atoms with van der Waals surface area (Å²) in [7, 11) is 0. The Bertz CT molecular complexity index is 1210. The van der Waals surface area contributed by atoms with Gasteiger partial charge in [0, 0.05) is 18.2 Å². The molecule has 0 bridgehead atoms. The van der Waals surface area contributed by atoms with E-state index >= 15 is 0 Å². The average molecular weight is 466 g/mol. The van der Waals surface area contributed by atoms with Gasteiger partial charge in [0.15, 0.2) is 10.8 Å². The molecule has 1 aromatic carbocycles. The van der Waals surface area contributed by atoms with Crippen molar-refractivity contribution in [2.75, 3.05) is 16.8 Å². The molecule has 0 radical (unpaired) electrons. The number of hydrogen-bond donors (Lipinski definition) is 3. The van der Waals surface area contributed by atoms with Crippen molar-refractivity contribution in [1.82, 2.24) is 19.9 Å². The molecule has 12 heteroatoms. The fourth-order valence-corrected chi connectivity index (χ4v) is 4.17. The first-order valence-electron chi connectivity index (χ1n) is 9.96. The van der Waals surface area contributed by atoms with Crippen molar-refractivity contribution < 1.29 is 22.7 Å². The fraction of sp³-hybridized carbons (Fsp3) is 0.350. The van der Waals surface area contributed by atoms with Crippen LogP contribution in [0, 0.1) is 17.6 Å². The molecular weight excluding hydrogens is 448 g/mol. The molecule has 4 atom stereocenters. The molecule has 7 nitrogen and oxygen atoms in total. The normalized spacial score (nSPS) is 24.7. The van der Waals surface area contributed by atoms with Gasteiger partial charge in [0.1, 0.15) is 29.3 Å². The number of aromatic nitrogens is 3. The largest absolute Gasteiger partial charge is 0.391 e. The fourth-order valence-electron chi connectivity index (χ4n) is 3.92. The van der Waals surface area contributed by atoms with Gasteiger partial charge in [0.25, 0.3) is 5.95 Å². The summed E-state index contributed by atoms with van der Waals surface area (Å²) < 4.78 is 58.1. The van der Waals surface area contributed by atoms with Crippen molar-refractivity contribution in [2.45, 2.75) is 37.2 Å². The van der Waals surface area contributed by atoms with Crippen LogP contribution in [-0.2, 0) is 0 Å². The van der Waals surface area contributed by atoms with E-state index in [1.54, 1.807) is 0 Å². The highest BCUT2D eigenvalue weighted by molar-refractivity contribution is 7.80. The van der Waals surface area contributed by atoms with Gasteiger partial charge in [0.2, 0.25) is 0 Å². The zero-order chi connectivity index (χ0) is 22.6. The highest BCUT2D eigenvalue weighted by Crippen LogP contribution is 2.38. The average Bonchev–Trinajstić information content (AvgIpc) is 3.15. The second-order valence-electron chi connectivity index (χ2n) is 7.89. The molecule has 1 saturated carbocycles. The van der Waals surface area contributed by atoms with Gasteiger partial charge < -0.3 is 20.6 Å². The van der Waals surface area contributed by atoms with E-state index in [2.05, 4.69) is 20.7 Å². The van der Waals surface area contributed by atoms with Gasteiger partial charge >= 0.3 is 0 Å². The van der Waals surface area contributed by atoms with Gasteiger partial charge in [-0.2, -0.15) is 4.39 Å². The Morgan fingerprint density at radius 2 is 1.97 bits per heavy atom. The second-order valence-corrected chi connectivity index (χ2v) is 8.30. The lowest BCUT2D eigenvalue weighted by molar-refractivity contribution is 0.269. The standard InChI is InChI=1S/C20H18F4N6OS/c21-9-1-2-12(23)11(5-9)14-6-10(22)8-29(14)16-3-4-30-19(26-16)17(18(24)28-30)27-20(32)25-13-7-15(13)31/h1-5,10,13-15,31H,6-8H2,(H2,25,27,32)/t10-,13-,14-,15-/m1/s1. The molecule has 3 aromatic rings. The maximum Gasteiger partial charge on any atom is 0.258 e. The maximum atomic E-state index is 14.5. The van der Waals surface area contributed by atoms with Crippen LogP contribution in [-0.4, -0.2) is 49.7 Å². The van der Waals surface area contributed by atoms with Crippen molar-refractivity contribution in [3.05, 3.63) is 53.6 Å². The first-order valence-corrected chi connectivity index (χ1v) is 10.4. The molecule has 1 saturated heterocycles. The molecule has 0 spiro atoms. The van der Waals surface area contributed by atoms with Crippen LogP contribution in [0.1, 0.15) is 24.4 Å². The van der Waals surface area contributed by atoms with E-state index in [4.69, 9.17) is 12.2 Å². The number of benzene rings is 1. The molecule has 3 heterocycles. The van der Waals surface area contributed by atoms with Gasteiger partial charge in [-0.05, 0) is 42.9 Å². The number of alkyl halides is 1. The molecule has 5 rings (SSSR count). The van der Waals surface area contributed by atoms with Crippen LogP contribution in [0.15, 0.2) is 30.5 Å². The Balaban J connectivity index is 1.48. The number of halogens is 4. The van der Waals surface area contributed by atoms with Crippen LogP contribution in [0.25, 0.3) is 5.65 Å². The number of aliphatic hydroxyl groups excluding tert-OH is 1. The van der Waals surface area contributed by atoms with E-state index in [1.807, 2.05) is 0 Å². The third kappa shape index (κ3) is 3.84. The van der Waals surface area contributed by atoms with Crippen molar-refractivity contribution >= 4 is 34.5 Å². The summed E-state index contributed by atoms with van der Waals surface area (Å²) in [4.78, 5) is 5.93. The first kappa shape index (κ1) is 20.9. The predicted molar refractivity (Wildman–Crippen MR) is 113 cm³/mol. The Hall–Kier alpha value is -2.99. The third-order valence-corrected chi connectivity index (χ3v) is 5.82. The zero-order valence-electron chi connectivity index (χ0n) is 16.5. The highest BCUT2D eigenvalue weighted by atomic mass is 32.1. The van der Waals surface area contributed by atoms with Crippen LogP contribution in [0.3, 0.4) is 0 Å². The van der Waals surface area contributed by atoms with Crippen LogP contribution in [0.2, 0.25) is 0 Å². The number of rotatable bonds is 4. The smallest absolute Gasteiger partial charge is 0.258 e. The number of nitrogens with zero attached hydrogens (tertiary/aromatic N) is 4. The predicted octanol–water partition coefficient (Wildman–Crippen LogP) is 2.86. The van der Waals surface area contributed by atoms with Gasteiger partial charge in [-0.25, -0.2) is 22.7 Å². The molecule has 3 N–H and O–H groups in total. The number of thiocarbonyl (C=S) groups is 1. The number of fused-ring (bicyclic) bond motifs is 1. The Morgan fingerprint density at radius 3 is 2.72 bits per heavy atom. The van der Waals surface area contributed by atoms with Crippen LogP contribution in [0.4, 0.5) is 29.1 Å². The number of hydrogen-bond acceptors (Lipinski definition) is 5. The molecule has 32 heavy (non-hydrogen) atoms. The van der Waals surface area contributed by atoms with Gasteiger partial charge in [-0.15, -0.1) is 5.10 Å². The van der Waals surface area contributed by atoms with Gasteiger partial charge in [-0.1, -0.05) is 0 Å². The molecule has 1 aliphatic heterocycles. The van der Waals surface area contributed by atoms with E-state index in [0.717, 1.165) is 18.2 Å². The lowest BCUT2D eigenvalue weighted by Crippen LogP contribution is -2.32. The Kier molecular flexibility index (Phi) is 5.13. The molecular formula is C20H18F4N6OS. The molecule has 2 fully saturated rings. The number of aliphatic hydroxyl groups is 1. The summed E-state index contributed by atoms with van der Waals surface area (Å²) in [6.07, 6.45) is 0.166. The van der Waals surface area contributed by atoms with Crippen molar-refractivity contribution in [1.29, 1.82) is 0 Å². The molecule has 2 aromatic heterocycles. The molecule has 0 unspecified atom stereocenters. The van der Waals surface area contributed by atoms with E-state index in [1.165, 1.54) is 21.7 Å². The van der Waals surface area contributed by atoms with Crippen LogP contribution in [0.5, 0.6) is 0 Å². The van der Waals surface area contributed by atoms with Crippen LogP contribution >= 0.6 is 12.2 Å². The second kappa shape index (κ2) is 7.85. The number of nitrogens with one attached hydrogen (secondary N) is 2. The summed E-state index contributed by atoms with van der Waals surface area (Å²) in [6, 6.07) is 3.58. The quantitative estimate of drug-likeness (QED) is 0.403. The monoisotopic (exact) mass is 466 g/mol. The Morgan fingerprint density at radius 1 is 1.19 bits per heavy atom. The summed E-state index contributed by atoms with van der Waals surface area (Å²) in [6.45, 7) is -0.0806. The summed E-state index contributed by atoms with van der Waals surface area (Å²) in [5.41, 5.74) is 0.0171. The summed E-state index contributed by atoms with van der Waals surface area (Å²) >= 11 is 5.16. The van der Waals surface area contributed by atoms with Crippen molar-refractivity contribution in [3.8, 4) is 0 Å². The van der Waals surface area contributed by atoms with E-state index in [9.17, 15) is 22.7 Å². The molecule has 168 valence electrons. The number of anilines is 2. The lowest BCUT2D eigenvalue weighted by atomic mass is 10.0.